The zero-order valence-electron chi connectivity index (χ0n) is 12.3. The summed E-state index contributed by atoms with van der Waals surface area (Å²) in [5.41, 5.74) is 1.21. The van der Waals surface area contributed by atoms with Crippen molar-refractivity contribution in [3.05, 3.63) is 33.8 Å². The Morgan fingerprint density at radius 1 is 1.15 bits per heavy atom. The number of nitrogens with zero attached hydrogens (tertiary/aromatic N) is 1. The van der Waals surface area contributed by atoms with Crippen LogP contribution < -0.4 is 5.32 Å². The molecule has 2 rings (SSSR count). The van der Waals surface area contributed by atoms with Crippen molar-refractivity contribution in [3.63, 3.8) is 0 Å². The van der Waals surface area contributed by atoms with E-state index in [1.807, 2.05) is 12.1 Å². The first kappa shape index (κ1) is 16.1. The first-order chi connectivity index (χ1) is 9.54. The molecule has 0 radical (unpaired) electrons. The van der Waals surface area contributed by atoms with Gasteiger partial charge in [0.05, 0.1) is 0 Å². The molecule has 1 aliphatic rings. The lowest BCUT2D eigenvalue weighted by Gasteiger charge is -2.36. The van der Waals surface area contributed by atoms with Gasteiger partial charge in [0, 0.05) is 29.2 Å². The summed E-state index contributed by atoms with van der Waals surface area (Å²) in [6.07, 6.45) is 2.45. The first-order valence-electron chi connectivity index (χ1n) is 7.44. The molecule has 1 aliphatic heterocycles. The SMILES string of the molecule is CC(C)CN(Cc1cc(Cl)cc(Cl)c1)C1CCNCC1. The van der Waals surface area contributed by atoms with Gasteiger partial charge in [-0.25, -0.2) is 0 Å². The van der Waals surface area contributed by atoms with Gasteiger partial charge >= 0.3 is 0 Å². The Morgan fingerprint density at radius 3 is 2.30 bits per heavy atom. The number of nitrogens with one attached hydrogen (secondary N) is 1. The standard InChI is InChI=1S/C16H24Cl2N2/c1-12(2)10-20(16-3-5-19-6-4-16)11-13-7-14(17)9-15(18)8-13/h7-9,12,16,19H,3-6,10-11H2,1-2H3. The molecule has 0 aliphatic carbocycles. The highest BCUT2D eigenvalue weighted by atomic mass is 35.5. The second-order valence-electron chi connectivity index (χ2n) is 6.08. The molecule has 1 aromatic carbocycles. The zero-order valence-corrected chi connectivity index (χ0v) is 13.8. The fourth-order valence-corrected chi connectivity index (χ4v) is 3.49. The van der Waals surface area contributed by atoms with E-state index < -0.39 is 0 Å². The molecule has 1 saturated heterocycles. The third kappa shape index (κ3) is 4.92. The maximum atomic E-state index is 6.11. The first-order valence-corrected chi connectivity index (χ1v) is 8.20. The van der Waals surface area contributed by atoms with Crippen LogP contribution in [0.1, 0.15) is 32.3 Å². The van der Waals surface area contributed by atoms with Gasteiger partial charge < -0.3 is 5.32 Å². The molecular formula is C16H24Cl2N2. The van der Waals surface area contributed by atoms with E-state index in [1.165, 1.54) is 18.4 Å². The molecule has 0 aromatic heterocycles. The molecule has 1 aromatic rings. The molecular weight excluding hydrogens is 291 g/mol. The van der Waals surface area contributed by atoms with Crippen molar-refractivity contribution in [2.45, 2.75) is 39.3 Å². The van der Waals surface area contributed by atoms with E-state index in [0.717, 1.165) is 36.2 Å². The monoisotopic (exact) mass is 314 g/mol. The average molecular weight is 315 g/mol. The maximum Gasteiger partial charge on any atom is 0.0424 e. The average Bonchev–Trinajstić information content (AvgIpc) is 2.37. The highest BCUT2D eigenvalue weighted by Gasteiger charge is 2.21. The summed E-state index contributed by atoms with van der Waals surface area (Å²) < 4.78 is 0. The molecule has 1 fully saturated rings. The Labute approximate surface area is 132 Å². The van der Waals surface area contributed by atoms with Crippen molar-refractivity contribution >= 4 is 23.2 Å². The third-order valence-electron chi connectivity index (χ3n) is 3.73. The van der Waals surface area contributed by atoms with Crippen LogP contribution >= 0.6 is 23.2 Å². The Hall–Kier alpha value is -0.280. The van der Waals surface area contributed by atoms with Gasteiger partial charge in [-0.15, -0.1) is 0 Å². The van der Waals surface area contributed by atoms with Crippen molar-refractivity contribution < 1.29 is 0 Å². The van der Waals surface area contributed by atoms with Crippen LogP contribution in [0.3, 0.4) is 0 Å². The Morgan fingerprint density at radius 2 is 1.75 bits per heavy atom. The summed E-state index contributed by atoms with van der Waals surface area (Å²) in [5.74, 6) is 0.666. The van der Waals surface area contributed by atoms with Gasteiger partial charge in [-0.3, -0.25) is 4.90 Å². The molecule has 0 amide bonds. The molecule has 1 N–H and O–H groups in total. The summed E-state index contributed by atoms with van der Waals surface area (Å²) in [6, 6.07) is 6.52. The van der Waals surface area contributed by atoms with E-state index in [4.69, 9.17) is 23.2 Å². The number of benzene rings is 1. The fraction of sp³-hybridized carbons (Fsp3) is 0.625. The minimum Gasteiger partial charge on any atom is -0.317 e. The van der Waals surface area contributed by atoms with Gasteiger partial charge in [0.2, 0.25) is 0 Å². The van der Waals surface area contributed by atoms with E-state index in [1.54, 1.807) is 6.07 Å². The Kier molecular flexibility index (Phi) is 6.16. The number of hydrogen-bond donors (Lipinski definition) is 1. The van der Waals surface area contributed by atoms with Crippen LogP contribution in [0, 0.1) is 5.92 Å². The highest BCUT2D eigenvalue weighted by Crippen LogP contribution is 2.23. The van der Waals surface area contributed by atoms with Crippen molar-refractivity contribution in [1.82, 2.24) is 10.2 Å². The van der Waals surface area contributed by atoms with E-state index in [2.05, 4.69) is 24.1 Å². The van der Waals surface area contributed by atoms with E-state index in [9.17, 15) is 0 Å². The summed E-state index contributed by atoms with van der Waals surface area (Å²) in [5, 5.41) is 4.88. The maximum absolute atomic E-state index is 6.11. The van der Waals surface area contributed by atoms with Gasteiger partial charge in [0.15, 0.2) is 0 Å². The van der Waals surface area contributed by atoms with Gasteiger partial charge in [-0.2, -0.15) is 0 Å². The lowest BCUT2D eigenvalue weighted by atomic mass is 10.0. The van der Waals surface area contributed by atoms with E-state index in [0.29, 0.717) is 12.0 Å². The van der Waals surface area contributed by atoms with Gasteiger partial charge in [-0.05, 0) is 55.6 Å². The van der Waals surface area contributed by atoms with Crippen molar-refractivity contribution in [3.8, 4) is 0 Å². The number of piperidine rings is 1. The van der Waals surface area contributed by atoms with Crippen molar-refractivity contribution in [2.75, 3.05) is 19.6 Å². The van der Waals surface area contributed by atoms with Crippen LogP contribution in [-0.4, -0.2) is 30.6 Å². The molecule has 112 valence electrons. The van der Waals surface area contributed by atoms with Crippen LogP contribution in [0.15, 0.2) is 18.2 Å². The fourth-order valence-electron chi connectivity index (χ4n) is 2.92. The lowest BCUT2D eigenvalue weighted by Crippen LogP contribution is -2.44. The van der Waals surface area contributed by atoms with Gasteiger partial charge in [0.1, 0.15) is 0 Å². The summed E-state index contributed by atoms with van der Waals surface area (Å²) in [7, 11) is 0. The molecule has 20 heavy (non-hydrogen) atoms. The largest absolute Gasteiger partial charge is 0.317 e. The zero-order chi connectivity index (χ0) is 14.5. The molecule has 0 spiro atoms. The van der Waals surface area contributed by atoms with Crippen LogP contribution in [0.25, 0.3) is 0 Å². The third-order valence-corrected chi connectivity index (χ3v) is 4.17. The molecule has 0 bridgehead atoms. The summed E-state index contributed by atoms with van der Waals surface area (Å²) in [4.78, 5) is 2.59. The van der Waals surface area contributed by atoms with Crippen LogP contribution in [-0.2, 0) is 6.54 Å². The molecule has 2 nitrogen and oxygen atoms in total. The van der Waals surface area contributed by atoms with Crippen molar-refractivity contribution in [2.24, 2.45) is 5.92 Å². The van der Waals surface area contributed by atoms with Gasteiger partial charge in [0.25, 0.3) is 0 Å². The Balaban J connectivity index is 2.09. The summed E-state index contributed by atoms with van der Waals surface area (Å²) >= 11 is 12.2. The van der Waals surface area contributed by atoms with Crippen LogP contribution in [0.5, 0.6) is 0 Å². The highest BCUT2D eigenvalue weighted by molar-refractivity contribution is 6.34. The predicted molar refractivity (Wildman–Crippen MR) is 87.6 cm³/mol. The topological polar surface area (TPSA) is 15.3 Å². The Bertz CT molecular complexity index is 408. The second-order valence-corrected chi connectivity index (χ2v) is 6.96. The number of hydrogen-bond acceptors (Lipinski definition) is 2. The number of rotatable bonds is 5. The van der Waals surface area contributed by atoms with Crippen LogP contribution in [0.2, 0.25) is 10.0 Å². The minimum absolute atomic E-state index is 0.663. The minimum atomic E-state index is 0.663. The normalized spacial score (nSPS) is 17.1. The molecule has 4 heteroatoms. The number of halogens is 2. The van der Waals surface area contributed by atoms with E-state index in [-0.39, 0.29) is 0 Å². The van der Waals surface area contributed by atoms with E-state index >= 15 is 0 Å². The summed E-state index contributed by atoms with van der Waals surface area (Å²) in [6.45, 7) is 8.85. The van der Waals surface area contributed by atoms with Crippen LogP contribution in [0.4, 0.5) is 0 Å². The molecule has 0 saturated carbocycles. The second kappa shape index (κ2) is 7.65. The predicted octanol–water partition coefficient (Wildman–Crippen LogP) is 4.20. The molecule has 0 unspecified atom stereocenters. The van der Waals surface area contributed by atoms with Gasteiger partial charge in [-0.1, -0.05) is 37.0 Å². The quantitative estimate of drug-likeness (QED) is 0.876. The van der Waals surface area contributed by atoms with Crippen molar-refractivity contribution in [1.29, 1.82) is 0 Å². The smallest absolute Gasteiger partial charge is 0.0424 e. The molecule has 0 atom stereocenters. The lowest BCUT2D eigenvalue weighted by molar-refractivity contribution is 0.137. The molecule has 1 heterocycles.